The maximum absolute atomic E-state index is 13.1. The van der Waals surface area contributed by atoms with Gasteiger partial charge >= 0.3 is 11.9 Å². The minimum absolute atomic E-state index is 0.169. The number of aliphatic hydroxyl groups is 7. The molecule has 11 atom stereocenters. The lowest BCUT2D eigenvalue weighted by Gasteiger charge is -2.42. The number of rotatable bonds is 47. The summed E-state index contributed by atoms with van der Waals surface area (Å²) in [6.45, 7) is 2.61. The van der Waals surface area contributed by atoms with Crippen LogP contribution >= 0.6 is 0 Å². The van der Waals surface area contributed by atoms with Crippen LogP contribution in [-0.2, 0) is 38.0 Å². The van der Waals surface area contributed by atoms with E-state index in [2.05, 4.69) is 26.0 Å². The van der Waals surface area contributed by atoms with Crippen molar-refractivity contribution >= 4 is 11.9 Å². The van der Waals surface area contributed by atoms with Crippen LogP contribution in [0.25, 0.3) is 0 Å². The highest BCUT2D eigenvalue weighted by Crippen LogP contribution is 2.27. The van der Waals surface area contributed by atoms with Gasteiger partial charge in [0.15, 0.2) is 18.7 Å². The van der Waals surface area contributed by atoms with Gasteiger partial charge in [-0.3, -0.25) is 9.59 Å². The summed E-state index contributed by atoms with van der Waals surface area (Å²) in [4.78, 5) is 25.8. The van der Waals surface area contributed by atoms with Crippen molar-refractivity contribution in [2.75, 3.05) is 26.4 Å². The van der Waals surface area contributed by atoms with Gasteiger partial charge < -0.3 is 64.2 Å². The first-order valence-electron chi connectivity index (χ1n) is 29.3. The zero-order valence-electron chi connectivity index (χ0n) is 45.2. The number of carbonyl (C=O) groups is 2. The fourth-order valence-corrected chi connectivity index (χ4v) is 9.45. The quantitative estimate of drug-likeness (QED) is 0.0171. The summed E-state index contributed by atoms with van der Waals surface area (Å²) in [6, 6.07) is 0. The molecule has 7 N–H and O–H groups in total. The van der Waals surface area contributed by atoms with Gasteiger partial charge in [0.1, 0.15) is 55.4 Å². The number of esters is 2. The van der Waals surface area contributed by atoms with Crippen molar-refractivity contribution in [3.8, 4) is 0 Å². The Labute approximate surface area is 435 Å². The van der Waals surface area contributed by atoms with E-state index in [1.807, 2.05) is 0 Å². The molecule has 15 heteroatoms. The largest absolute Gasteiger partial charge is 0.462 e. The Bertz CT molecular complexity index is 1300. The highest BCUT2D eigenvalue weighted by molar-refractivity contribution is 5.70. The molecule has 0 spiro atoms. The van der Waals surface area contributed by atoms with E-state index in [9.17, 15) is 45.3 Å². The molecule has 15 nitrogen and oxygen atoms in total. The van der Waals surface area contributed by atoms with Crippen LogP contribution in [0, 0.1) is 0 Å². The van der Waals surface area contributed by atoms with Crippen LogP contribution in [0.15, 0.2) is 12.2 Å². The van der Waals surface area contributed by atoms with Crippen LogP contribution in [0.1, 0.15) is 245 Å². The molecule has 0 aromatic heterocycles. The number of hydrogen-bond acceptors (Lipinski definition) is 15. The molecule has 4 unspecified atom stereocenters. The van der Waals surface area contributed by atoms with Crippen molar-refractivity contribution in [1.82, 2.24) is 0 Å². The molecule has 2 rings (SSSR count). The van der Waals surface area contributed by atoms with Crippen molar-refractivity contribution in [1.29, 1.82) is 0 Å². The van der Waals surface area contributed by atoms with Crippen LogP contribution in [-0.4, -0.2) is 142 Å². The summed E-state index contributed by atoms with van der Waals surface area (Å²) < 4.78 is 33.7. The smallest absolute Gasteiger partial charge is 0.306 e. The van der Waals surface area contributed by atoms with Crippen LogP contribution in [0.4, 0.5) is 0 Å². The van der Waals surface area contributed by atoms with Gasteiger partial charge in [-0.2, -0.15) is 0 Å². The highest BCUT2D eigenvalue weighted by Gasteiger charge is 2.47. The third kappa shape index (κ3) is 31.3. The second-order valence-corrected chi connectivity index (χ2v) is 20.8. The van der Waals surface area contributed by atoms with E-state index in [1.165, 1.54) is 161 Å². The third-order valence-corrected chi connectivity index (χ3v) is 14.2. The molecule has 2 saturated heterocycles. The maximum atomic E-state index is 13.1. The Morgan fingerprint density at radius 2 is 0.792 bits per heavy atom. The van der Waals surface area contributed by atoms with E-state index >= 15 is 0 Å². The van der Waals surface area contributed by atoms with Gasteiger partial charge in [0.2, 0.25) is 0 Å². The molecule has 0 aromatic rings. The number of carbonyl (C=O) groups excluding carboxylic acids is 2. The maximum Gasteiger partial charge on any atom is 0.306 e. The predicted octanol–water partition coefficient (Wildman–Crippen LogP) is 9.72. The Kier molecular flexibility index (Phi) is 40.9. The van der Waals surface area contributed by atoms with Gasteiger partial charge in [0.25, 0.3) is 0 Å². The standard InChI is InChI=1S/C57H106O15/c1-3-5-7-9-11-13-15-17-18-19-20-21-22-23-24-25-26-28-30-32-34-36-38-40-49(60)70-45(42-67-48(59)39-37-35-33-31-29-27-16-14-12-10-8-6-4-2)43-68-56-55(66)53(64)51(62)47(72-56)44-69-57-54(65)52(63)50(61)46(41-58)71-57/h27,29,45-47,50-58,61-66H,3-26,28,30-44H2,1-2H3/b29-27+/t45-,46+,47+,50-,51-,52?,53?,54?,55?,56+,57+/m1/s1. The van der Waals surface area contributed by atoms with Gasteiger partial charge in [-0.1, -0.05) is 206 Å². The normalized spacial score (nSPS) is 25.0. The average molecular weight is 1030 g/mol. The second-order valence-electron chi connectivity index (χ2n) is 20.8. The molecular formula is C57H106O15. The van der Waals surface area contributed by atoms with Gasteiger partial charge in [-0.05, 0) is 38.5 Å². The molecule has 2 fully saturated rings. The van der Waals surface area contributed by atoms with E-state index in [4.69, 9.17) is 28.4 Å². The molecule has 0 radical (unpaired) electrons. The summed E-state index contributed by atoms with van der Waals surface area (Å²) in [7, 11) is 0. The summed E-state index contributed by atoms with van der Waals surface area (Å²) in [5, 5.41) is 72.2. The van der Waals surface area contributed by atoms with E-state index in [-0.39, 0.29) is 26.1 Å². The van der Waals surface area contributed by atoms with E-state index < -0.39 is 92.7 Å². The first-order chi connectivity index (χ1) is 35.0. The number of aliphatic hydroxyl groups excluding tert-OH is 7. The van der Waals surface area contributed by atoms with Crippen molar-refractivity contribution in [3.05, 3.63) is 12.2 Å². The molecule has 0 saturated carbocycles. The molecule has 424 valence electrons. The topological polar surface area (TPSA) is 231 Å². The van der Waals surface area contributed by atoms with Crippen molar-refractivity contribution in [2.45, 2.75) is 313 Å². The fraction of sp³-hybridized carbons (Fsp3) is 0.930. The molecule has 0 bridgehead atoms. The van der Waals surface area contributed by atoms with Crippen molar-refractivity contribution < 1.29 is 73.8 Å². The lowest BCUT2D eigenvalue weighted by molar-refractivity contribution is -0.332. The number of ether oxygens (including phenoxy) is 6. The molecule has 2 aliphatic rings. The Morgan fingerprint density at radius 1 is 0.431 bits per heavy atom. The Hall–Kier alpha value is -1.76. The zero-order valence-corrected chi connectivity index (χ0v) is 45.2. The second kappa shape index (κ2) is 44.4. The zero-order chi connectivity index (χ0) is 52.4. The molecule has 0 aromatic carbocycles. The summed E-state index contributed by atoms with van der Waals surface area (Å²) in [5.41, 5.74) is 0. The van der Waals surface area contributed by atoms with Crippen LogP contribution < -0.4 is 0 Å². The third-order valence-electron chi connectivity index (χ3n) is 14.2. The monoisotopic (exact) mass is 1030 g/mol. The average Bonchev–Trinajstić information content (AvgIpc) is 3.37. The first-order valence-corrected chi connectivity index (χ1v) is 29.3. The van der Waals surface area contributed by atoms with Crippen LogP contribution in [0.5, 0.6) is 0 Å². The lowest BCUT2D eigenvalue weighted by atomic mass is 9.98. The predicted molar refractivity (Wildman–Crippen MR) is 280 cm³/mol. The van der Waals surface area contributed by atoms with E-state index in [0.717, 1.165) is 44.9 Å². The fourth-order valence-electron chi connectivity index (χ4n) is 9.45. The SMILES string of the molecule is CCCCCCCC/C=C/CCCCCC(=O)OC[C@H](CO[C@H]1O[C@@H](CO[C@H]2O[C@@H](CO)[C@@H](O)C(O)C2O)[C@@H](O)C(O)C1O)OC(=O)CCCCCCCCCCCCCCCCCCCCCCCCC. The number of hydrogen-bond donors (Lipinski definition) is 7. The van der Waals surface area contributed by atoms with Gasteiger partial charge in [0, 0.05) is 12.8 Å². The lowest BCUT2D eigenvalue weighted by Crippen LogP contribution is -2.61. The summed E-state index contributed by atoms with van der Waals surface area (Å²) >= 11 is 0. The number of unbranched alkanes of at least 4 members (excludes halogenated alkanes) is 31. The van der Waals surface area contributed by atoms with Gasteiger partial charge in [-0.25, -0.2) is 0 Å². The minimum atomic E-state index is -1.76. The highest BCUT2D eigenvalue weighted by atomic mass is 16.7. The Morgan fingerprint density at radius 3 is 1.24 bits per heavy atom. The summed E-state index contributed by atoms with van der Waals surface area (Å²) in [6.07, 6.45) is 29.6. The van der Waals surface area contributed by atoms with E-state index in [0.29, 0.717) is 12.8 Å². The molecule has 0 amide bonds. The molecule has 2 aliphatic heterocycles. The molecule has 0 aliphatic carbocycles. The first kappa shape index (κ1) is 66.4. The van der Waals surface area contributed by atoms with Crippen LogP contribution in [0.2, 0.25) is 0 Å². The Balaban J connectivity index is 1.72. The number of allylic oxidation sites excluding steroid dienone is 2. The molecule has 72 heavy (non-hydrogen) atoms. The minimum Gasteiger partial charge on any atom is -0.462 e. The molecule has 2 heterocycles. The van der Waals surface area contributed by atoms with Gasteiger partial charge in [-0.15, -0.1) is 0 Å². The molecular weight excluding hydrogens is 925 g/mol. The summed E-state index contributed by atoms with van der Waals surface area (Å²) in [5.74, 6) is -0.929. The van der Waals surface area contributed by atoms with Crippen LogP contribution in [0.3, 0.4) is 0 Å². The van der Waals surface area contributed by atoms with Crippen molar-refractivity contribution in [2.24, 2.45) is 0 Å². The van der Waals surface area contributed by atoms with Crippen molar-refractivity contribution in [3.63, 3.8) is 0 Å². The van der Waals surface area contributed by atoms with E-state index in [1.54, 1.807) is 0 Å². The van der Waals surface area contributed by atoms with Gasteiger partial charge in [0.05, 0.1) is 19.8 Å².